The number of anilines is 3. The van der Waals surface area contributed by atoms with E-state index in [9.17, 15) is 4.79 Å². The van der Waals surface area contributed by atoms with Crippen molar-refractivity contribution in [1.29, 1.82) is 0 Å². The van der Waals surface area contributed by atoms with Crippen LogP contribution in [0.3, 0.4) is 0 Å². The Balaban J connectivity index is 1.26. The van der Waals surface area contributed by atoms with Crippen molar-refractivity contribution in [3.63, 3.8) is 0 Å². The molecule has 0 radical (unpaired) electrons. The molecular formula is C26H42IN7O. The first-order chi connectivity index (χ1) is 17.0. The fraction of sp³-hybridized carbons (Fsp3) is 0.808. The molecule has 3 fully saturated rings. The lowest BCUT2D eigenvalue weighted by Crippen LogP contribution is -2.55. The van der Waals surface area contributed by atoms with Crippen LogP contribution in [0.2, 0.25) is 0 Å². The lowest BCUT2D eigenvalue weighted by molar-refractivity contribution is -0.120. The van der Waals surface area contributed by atoms with Gasteiger partial charge in [0.15, 0.2) is 5.82 Å². The van der Waals surface area contributed by atoms with Crippen molar-refractivity contribution in [2.24, 2.45) is 5.92 Å². The fourth-order valence-corrected chi connectivity index (χ4v) is 7.32. The molecule has 194 valence electrons. The lowest BCUT2D eigenvalue weighted by Gasteiger charge is -2.43. The third kappa shape index (κ3) is 5.28. The number of fused-ring (bicyclic) bond motifs is 1. The molecule has 1 N–H and O–H groups in total. The first-order valence-electron chi connectivity index (χ1n) is 13.8. The number of nitrogens with one attached hydrogen (secondary N) is 1. The van der Waals surface area contributed by atoms with Gasteiger partial charge < -0.3 is 20.0 Å². The summed E-state index contributed by atoms with van der Waals surface area (Å²) in [7, 11) is 1.87. The summed E-state index contributed by atoms with van der Waals surface area (Å²) in [5.74, 6) is 2.44. The van der Waals surface area contributed by atoms with Crippen LogP contribution in [0.5, 0.6) is 0 Å². The van der Waals surface area contributed by atoms with E-state index in [2.05, 4.69) is 59.9 Å². The maximum absolute atomic E-state index is 13.1. The van der Waals surface area contributed by atoms with E-state index in [0.717, 1.165) is 36.8 Å². The van der Waals surface area contributed by atoms with E-state index in [1.807, 2.05) is 13.2 Å². The molecule has 0 spiro atoms. The van der Waals surface area contributed by atoms with Crippen LogP contribution in [0.4, 0.5) is 17.5 Å². The Bertz CT molecular complexity index is 878. The smallest absolute Gasteiger partial charge is 0.249 e. The molecule has 0 unspecified atom stereocenters. The molecule has 1 aliphatic carbocycles. The molecule has 35 heavy (non-hydrogen) atoms. The quantitative estimate of drug-likeness (QED) is 0.389. The summed E-state index contributed by atoms with van der Waals surface area (Å²) in [6, 6.07) is 1.37. The van der Waals surface area contributed by atoms with Crippen LogP contribution in [0, 0.1) is 5.92 Å². The van der Waals surface area contributed by atoms with Crippen molar-refractivity contribution in [2.75, 3.05) is 48.3 Å². The zero-order valence-electron chi connectivity index (χ0n) is 21.6. The molecule has 1 amide bonds. The SMILES string of the molecule is CC[C@@H]1C(=O)N(C)c2cnc(N[C@@H](C)C3CCN(C4CCN(I)CC4)CC3)nc2N1C1CCCC1. The third-order valence-electron chi connectivity index (χ3n) is 8.98. The molecule has 4 aliphatic rings. The van der Waals surface area contributed by atoms with Crippen LogP contribution in [0.15, 0.2) is 6.20 Å². The summed E-state index contributed by atoms with van der Waals surface area (Å²) in [5.41, 5.74) is 0.843. The largest absolute Gasteiger partial charge is 0.351 e. The Hall–Kier alpha value is -1.20. The molecule has 1 saturated carbocycles. The van der Waals surface area contributed by atoms with Crippen LogP contribution < -0.4 is 15.1 Å². The predicted octanol–water partition coefficient (Wildman–Crippen LogP) is 4.31. The van der Waals surface area contributed by atoms with E-state index in [-0.39, 0.29) is 11.9 Å². The summed E-state index contributed by atoms with van der Waals surface area (Å²) >= 11 is 2.46. The van der Waals surface area contributed by atoms with Crippen LogP contribution in [0.25, 0.3) is 0 Å². The zero-order chi connectivity index (χ0) is 24.5. The molecule has 9 heteroatoms. The van der Waals surface area contributed by atoms with Gasteiger partial charge in [0, 0.05) is 61.1 Å². The van der Waals surface area contributed by atoms with Gasteiger partial charge in [0.05, 0.1) is 6.20 Å². The normalized spacial score (nSPS) is 26.9. The van der Waals surface area contributed by atoms with Crippen molar-refractivity contribution >= 4 is 46.2 Å². The number of likely N-dealkylation sites (tertiary alicyclic amines) is 1. The maximum atomic E-state index is 13.1. The van der Waals surface area contributed by atoms with Crippen molar-refractivity contribution in [2.45, 2.75) is 95.8 Å². The summed E-state index contributed by atoms with van der Waals surface area (Å²) < 4.78 is 2.43. The molecule has 0 bridgehead atoms. The van der Waals surface area contributed by atoms with Gasteiger partial charge in [-0.25, -0.2) is 8.10 Å². The predicted molar refractivity (Wildman–Crippen MR) is 150 cm³/mol. The van der Waals surface area contributed by atoms with E-state index in [4.69, 9.17) is 4.98 Å². The molecule has 2 saturated heterocycles. The number of nitrogens with zero attached hydrogens (tertiary/aromatic N) is 6. The van der Waals surface area contributed by atoms with Gasteiger partial charge >= 0.3 is 0 Å². The van der Waals surface area contributed by atoms with Gasteiger partial charge in [-0.15, -0.1) is 0 Å². The fourth-order valence-electron chi connectivity index (χ4n) is 6.76. The van der Waals surface area contributed by atoms with Crippen molar-refractivity contribution in [3.05, 3.63) is 6.20 Å². The van der Waals surface area contributed by atoms with Crippen LogP contribution >= 0.6 is 22.9 Å². The number of piperidine rings is 2. The minimum atomic E-state index is -0.126. The van der Waals surface area contributed by atoms with Crippen LogP contribution in [-0.2, 0) is 4.79 Å². The summed E-state index contributed by atoms with van der Waals surface area (Å²) in [4.78, 5) is 29.7. The summed E-state index contributed by atoms with van der Waals surface area (Å²) in [5, 5.41) is 3.65. The second-order valence-corrected chi connectivity index (χ2v) is 12.4. The van der Waals surface area contributed by atoms with Gasteiger partial charge in [-0.3, -0.25) is 4.79 Å². The van der Waals surface area contributed by atoms with Gasteiger partial charge in [0.1, 0.15) is 11.7 Å². The Labute approximate surface area is 224 Å². The average Bonchev–Trinajstić information content (AvgIpc) is 3.41. The van der Waals surface area contributed by atoms with Crippen molar-refractivity contribution < 1.29 is 4.79 Å². The molecule has 0 aromatic carbocycles. The van der Waals surface area contributed by atoms with E-state index < -0.39 is 0 Å². The highest BCUT2D eigenvalue weighted by Crippen LogP contribution is 2.40. The molecule has 8 nitrogen and oxygen atoms in total. The number of aromatic nitrogens is 2. The van der Waals surface area contributed by atoms with E-state index in [1.54, 1.807) is 4.90 Å². The van der Waals surface area contributed by atoms with Gasteiger partial charge in [0.2, 0.25) is 11.9 Å². The highest BCUT2D eigenvalue weighted by molar-refractivity contribution is 14.1. The number of hydrogen-bond acceptors (Lipinski definition) is 7. The standard InChI is InChI=1S/C26H42IN7O/c1-4-22-25(35)31(3)23-17-28-26(30-24(23)34(22)21-7-5-6-8-21)29-18(2)19-9-13-32(14-10-19)20-11-15-33(27)16-12-20/h17-22H,4-16H2,1-3H3,(H,28,29,30)/t18-,22+/m0/s1. The highest BCUT2D eigenvalue weighted by Gasteiger charge is 2.41. The Morgan fingerprint density at radius 2 is 1.74 bits per heavy atom. The van der Waals surface area contributed by atoms with E-state index >= 15 is 0 Å². The molecule has 2 atom stereocenters. The van der Waals surface area contributed by atoms with Crippen molar-refractivity contribution in [3.8, 4) is 0 Å². The van der Waals surface area contributed by atoms with Crippen molar-refractivity contribution in [1.82, 2.24) is 18.0 Å². The topological polar surface area (TPSA) is 67.8 Å². The number of likely N-dealkylation sites (N-methyl/N-ethyl adjacent to an activating group) is 1. The first-order valence-corrected chi connectivity index (χ1v) is 14.8. The van der Waals surface area contributed by atoms with Gasteiger partial charge in [-0.2, -0.15) is 4.98 Å². The third-order valence-corrected chi connectivity index (χ3v) is 9.94. The first kappa shape index (κ1) is 25.4. The van der Waals surface area contributed by atoms with Crippen LogP contribution in [0.1, 0.15) is 71.6 Å². The molecule has 1 aromatic rings. The molecule has 1 aromatic heterocycles. The van der Waals surface area contributed by atoms with E-state index in [0.29, 0.717) is 23.9 Å². The van der Waals surface area contributed by atoms with Gasteiger partial charge in [-0.05, 0) is 70.9 Å². The lowest BCUT2D eigenvalue weighted by atomic mass is 9.89. The highest BCUT2D eigenvalue weighted by atomic mass is 127. The molecule has 5 rings (SSSR count). The van der Waals surface area contributed by atoms with Gasteiger partial charge in [0.25, 0.3) is 0 Å². The second-order valence-electron chi connectivity index (χ2n) is 11.0. The number of carbonyl (C=O) groups is 1. The molecular weight excluding hydrogens is 553 g/mol. The average molecular weight is 596 g/mol. The summed E-state index contributed by atoms with van der Waals surface area (Å²) in [6.07, 6.45) is 12.5. The van der Waals surface area contributed by atoms with Crippen LogP contribution in [-0.4, -0.2) is 81.3 Å². The minimum Gasteiger partial charge on any atom is -0.351 e. The number of amides is 1. The molecule has 3 aliphatic heterocycles. The number of carbonyl (C=O) groups excluding carboxylic acids is 1. The monoisotopic (exact) mass is 595 g/mol. The number of rotatable bonds is 6. The Kier molecular flexibility index (Phi) is 8.03. The number of halogens is 1. The van der Waals surface area contributed by atoms with E-state index in [1.165, 1.54) is 64.7 Å². The number of hydrogen-bond donors (Lipinski definition) is 1. The van der Waals surface area contributed by atoms with Gasteiger partial charge in [-0.1, -0.05) is 19.8 Å². The Morgan fingerprint density at radius 3 is 2.40 bits per heavy atom. The zero-order valence-corrected chi connectivity index (χ0v) is 23.8. The summed E-state index contributed by atoms with van der Waals surface area (Å²) in [6.45, 7) is 9.25. The second kappa shape index (κ2) is 11.0. The minimum absolute atomic E-state index is 0.126. The maximum Gasteiger partial charge on any atom is 0.249 e. The molecule has 4 heterocycles. The Morgan fingerprint density at radius 1 is 1.06 bits per heavy atom.